The highest BCUT2D eigenvalue weighted by atomic mass is 32.2. The molecule has 1 aliphatic carbocycles. The molecular weight excluding hydrogens is 272 g/mol. The lowest BCUT2D eigenvalue weighted by Crippen LogP contribution is -2.38. The third-order valence-electron chi connectivity index (χ3n) is 4.31. The molecule has 0 saturated heterocycles. The molecule has 20 heavy (non-hydrogen) atoms. The Kier molecular flexibility index (Phi) is 4.52. The lowest BCUT2D eigenvalue weighted by atomic mass is 9.87. The Bertz CT molecular complexity index is 550. The second kappa shape index (κ2) is 5.84. The molecule has 1 unspecified atom stereocenters. The molecule has 1 fully saturated rings. The Morgan fingerprint density at radius 1 is 1.30 bits per heavy atom. The van der Waals surface area contributed by atoms with E-state index in [9.17, 15) is 8.42 Å². The van der Waals surface area contributed by atoms with Gasteiger partial charge in [0.2, 0.25) is 10.0 Å². The van der Waals surface area contributed by atoms with Crippen LogP contribution in [0.2, 0.25) is 0 Å². The first-order valence-corrected chi connectivity index (χ1v) is 8.69. The summed E-state index contributed by atoms with van der Waals surface area (Å²) in [6.45, 7) is 5.56. The molecular formula is C15H24N2O2S. The topological polar surface area (TPSA) is 72.2 Å². The van der Waals surface area contributed by atoms with Crippen LogP contribution in [0.15, 0.2) is 29.2 Å². The predicted molar refractivity (Wildman–Crippen MR) is 80.9 cm³/mol. The van der Waals surface area contributed by atoms with Gasteiger partial charge >= 0.3 is 0 Å². The second-order valence-electron chi connectivity index (χ2n) is 6.33. The van der Waals surface area contributed by atoms with E-state index in [-0.39, 0.29) is 4.90 Å². The van der Waals surface area contributed by atoms with Gasteiger partial charge in [0.25, 0.3) is 0 Å². The van der Waals surface area contributed by atoms with Gasteiger partial charge in [-0.1, -0.05) is 32.4 Å². The first kappa shape index (κ1) is 15.5. The van der Waals surface area contributed by atoms with Gasteiger partial charge in [-0.2, -0.15) is 0 Å². The number of hydrogen-bond donors (Lipinski definition) is 2. The molecule has 3 N–H and O–H groups in total. The number of benzene rings is 1. The van der Waals surface area contributed by atoms with Gasteiger partial charge in [-0.05, 0) is 48.9 Å². The van der Waals surface area contributed by atoms with E-state index in [4.69, 9.17) is 5.14 Å². The Morgan fingerprint density at radius 3 is 2.45 bits per heavy atom. The standard InChI is InChI=1S/C15H24N2O2S/c1-15(2)10-3-4-14(15)17-11-9-12-5-7-13(8-6-12)20(16,18)19/h5-8,14,17H,3-4,9-11H2,1-2H3,(H2,16,18,19). The zero-order valence-electron chi connectivity index (χ0n) is 12.2. The molecule has 1 atom stereocenters. The highest BCUT2D eigenvalue weighted by Crippen LogP contribution is 2.37. The van der Waals surface area contributed by atoms with Crippen LogP contribution in [-0.4, -0.2) is 21.0 Å². The predicted octanol–water partition coefficient (Wildman–Crippen LogP) is 2.04. The molecule has 4 nitrogen and oxygen atoms in total. The van der Waals surface area contributed by atoms with Crippen molar-refractivity contribution in [3.63, 3.8) is 0 Å². The van der Waals surface area contributed by atoms with Gasteiger partial charge in [0.1, 0.15) is 0 Å². The summed E-state index contributed by atoms with van der Waals surface area (Å²) in [5.41, 5.74) is 1.51. The van der Waals surface area contributed by atoms with Crippen molar-refractivity contribution in [3.05, 3.63) is 29.8 Å². The summed E-state index contributed by atoms with van der Waals surface area (Å²) >= 11 is 0. The minimum atomic E-state index is -3.58. The van der Waals surface area contributed by atoms with E-state index in [0.717, 1.165) is 18.5 Å². The molecule has 0 bridgehead atoms. The van der Waals surface area contributed by atoms with E-state index in [0.29, 0.717) is 11.5 Å². The molecule has 0 aliphatic heterocycles. The number of hydrogen-bond acceptors (Lipinski definition) is 3. The number of primary sulfonamides is 1. The van der Waals surface area contributed by atoms with E-state index in [1.54, 1.807) is 12.1 Å². The maximum absolute atomic E-state index is 11.2. The summed E-state index contributed by atoms with van der Waals surface area (Å²) in [4.78, 5) is 0.172. The number of sulfonamides is 1. The maximum atomic E-state index is 11.2. The molecule has 1 aliphatic rings. The normalized spacial score (nSPS) is 22.1. The highest BCUT2D eigenvalue weighted by Gasteiger charge is 2.33. The van der Waals surface area contributed by atoms with Crippen LogP contribution in [0.25, 0.3) is 0 Å². The van der Waals surface area contributed by atoms with Gasteiger partial charge in [0.15, 0.2) is 0 Å². The van der Waals surface area contributed by atoms with Crippen molar-refractivity contribution in [2.45, 2.75) is 50.5 Å². The van der Waals surface area contributed by atoms with Crippen LogP contribution >= 0.6 is 0 Å². The van der Waals surface area contributed by atoms with E-state index < -0.39 is 10.0 Å². The van der Waals surface area contributed by atoms with Crippen molar-refractivity contribution in [1.29, 1.82) is 0 Å². The average molecular weight is 296 g/mol. The lowest BCUT2D eigenvalue weighted by Gasteiger charge is -2.28. The molecule has 0 amide bonds. The largest absolute Gasteiger partial charge is 0.313 e. The van der Waals surface area contributed by atoms with Crippen molar-refractivity contribution in [1.82, 2.24) is 5.32 Å². The minimum absolute atomic E-state index is 0.172. The lowest BCUT2D eigenvalue weighted by molar-refractivity contribution is 0.285. The van der Waals surface area contributed by atoms with Gasteiger partial charge < -0.3 is 5.32 Å². The van der Waals surface area contributed by atoms with Crippen LogP contribution in [0.3, 0.4) is 0 Å². The summed E-state index contributed by atoms with van der Waals surface area (Å²) in [5.74, 6) is 0. The molecule has 1 saturated carbocycles. The van der Waals surface area contributed by atoms with Crippen molar-refractivity contribution in [3.8, 4) is 0 Å². The van der Waals surface area contributed by atoms with Gasteiger partial charge in [-0.25, -0.2) is 13.6 Å². The Balaban J connectivity index is 1.86. The Labute approximate surface area is 121 Å². The van der Waals surface area contributed by atoms with E-state index in [2.05, 4.69) is 19.2 Å². The van der Waals surface area contributed by atoms with E-state index in [1.165, 1.54) is 19.3 Å². The van der Waals surface area contributed by atoms with Crippen molar-refractivity contribution >= 4 is 10.0 Å². The summed E-state index contributed by atoms with van der Waals surface area (Å²) in [6.07, 6.45) is 4.73. The zero-order chi connectivity index (χ0) is 14.8. The summed E-state index contributed by atoms with van der Waals surface area (Å²) < 4.78 is 22.3. The molecule has 0 aromatic heterocycles. The molecule has 0 spiro atoms. The number of nitrogens with one attached hydrogen (secondary N) is 1. The molecule has 5 heteroatoms. The van der Waals surface area contributed by atoms with Gasteiger partial charge in [0.05, 0.1) is 4.90 Å². The molecule has 1 aromatic carbocycles. The third-order valence-corrected chi connectivity index (χ3v) is 5.24. The smallest absolute Gasteiger partial charge is 0.238 e. The third kappa shape index (κ3) is 3.81. The van der Waals surface area contributed by atoms with Crippen LogP contribution in [0.1, 0.15) is 38.7 Å². The van der Waals surface area contributed by atoms with Crippen LogP contribution in [0, 0.1) is 5.41 Å². The van der Waals surface area contributed by atoms with Gasteiger partial charge in [0, 0.05) is 6.04 Å². The monoisotopic (exact) mass is 296 g/mol. The van der Waals surface area contributed by atoms with Crippen LogP contribution in [0.4, 0.5) is 0 Å². The quantitative estimate of drug-likeness (QED) is 0.873. The highest BCUT2D eigenvalue weighted by molar-refractivity contribution is 7.89. The fraction of sp³-hybridized carbons (Fsp3) is 0.600. The fourth-order valence-electron chi connectivity index (χ4n) is 2.94. The van der Waals surface area contributed by atoms with Crippen LogP contribution in [-0.2, 0) is 16.4 Å². The number of nitrogens with two attached hydrogens (primary N) is 1. The fourth-order valence-corrected chi connectivity index (χ4v) is 3.46. The Hall–Kier alpha value is -0.910. The first-order valence-electron chi connectivity index (χ1n) is 7.14. The van der Waals surface area contributed by atoms with E-state index in [1.807, 2.05) is 12.1 Å². The van der Waals surface area contributed by atoms with Gasteiger partial charge in [-0.15, -0.1) is 0 Å². The van der Waals surface area contributed by atoms with E-state index >= 15 is 0 Å². The molecule has 2 rings (SSSR count). The van der Waals surface area contributed by atoms with Crippen LogP contribution < -0.4 is 10.5 Å². The second-order valence-corrected chi connectivity index (χ2v) is 7.89. The first-order chi connectivity index (χ1) is 9.29. The molecule has 0 heterocycles. The van der Waals surface area contributed by atoms with Gasteiger partial charge in [-0.3, -0.25) is 0 Å². The zero-order valence-corrected chi connectivity index (χ0v) is 13.0. The summed E-state index contributed by atoms with van der Waals surface area (Å²) in [5, 5.41) is 8.70. The maximum Gasteiger partial charge on any atom is 0.238 e. The Morgan fingerprint density at radius 2 is 1.95 bits per heavy atom. The average Bonchev–Trinajstić information content (AvgIpc) is 2.68. The minimum Gasteiger partial charge on any atom is -0.313 e. The van der Waals surface area contributed by atoms with Crippen molar-refractivity contribution in [2.75, 3.05) is 6.54 Å². The molecule has 0 radical (unpaired) electrons. The molecule has 112 valence electrons. The van der Waals surface area contributed by atoms with Crippen LogP contribution in [0.5, 0.6) is 0 Å². The summed E-state index contributed by atoms with van der Waals surface area (Å²) in [6, 6.07) is 7.41. The van der Waals surface area contributed by atoms with Crippen molar-refractivity contribution < 1.29 is 8.42 Å². The SMILES string of the molecule is CC1(C)CCCC1NCCc1ccc(S(N)(=O)=O)cc1. The summed E-state index contributed by atoms with van der Waals surface area (Å²) in [7, 11) is -3.58. The molecule has 1 aromatic rings. The number of rotatable bonds is 5. The van der Waals surface area contributed by atoms with Crippen molar-refractivity contribution in [2.24, 2.45) is 10.6 Å².